The zero-order valence-corrected chi connectivity index (χ0v) is 8.56. The van der Waals surface area contributed by atoms with Crippen LogP contribution in [0.5, 0.6) is 5.75 Å². The number of ether oxygens (including phenoxy) is 1. The molecule has 1 aromatic carbocycles. The fourth-order valence-corrected chi connectivity index (χ4v) is 2.60. The van der Waals surface area contributed by atoms with Gasteiger partial charge in [-0.2, -0.15) is 0 Å². The van der Waals surface area contributed by atoms with Crippen LogP contribution in [0.25, 0.3) is 0 Å². The van der Waals surface area contributed by atoms with Crippen LogP contribution in [0.1, 0.15) is 19.3 Å². The number of hydrogen-bond acceptors (Lipinski definition) is 2. The van der Waals surface area contributed by atoms with E-state index >= 15 is 0 Å². The van der Waals surface area contributed by atoms with Crippen molar-refractivity contribution < 1.29 is 9.53 Å². The van der Waals surface area contributed by atoms with E-state index < -0.39 is 0 Å². The molecule has 2 fully saturated rings. The maximum absolute atomic E-state index is 11.8. The van der Waals surface area contributed by atoms with E-state index in [4.69, 9.17) is 4.74 Å². The van der Waals surface area contributed by atoms with Crippen molar-refractivity contribution in [2.24, 2.45) is 17.8 Å². The standard InChI is InChI=1S/C13H14O2/c14-13(11-7-9-6-10(9)8-11)15-12-4-2-1-3-5-12/h1-5,9-11H,6-8H2. The molecular weight excluding hydrogens is 188 g/mol. The maximum Gasteiger partial charge on any atom is 0.314 e. The Labute approximate surface area is 89.2 Å². The molecule has 2 atom stereocenters. The molecule has 0 amide bonds. The van der Waals surface area contributed by atoms with Crippen LogP contribution in [-0.4, -0.2) is 5.97 Å². The highest BCUT2D eigenvalue weighted by molar-refractivity contribution is 5.75. The fraction of sp³-hybridized carbons (Fsp3) is 0.462. The van der Waals surface area contributed by atoms with Crippen LogP contribution in [0.2, 0.25) is 0 Å². The van der Waals surface area contributed by atoms with Crippen molar-refractivity contribution in [2.45, 2.75) is 19.3 Å². The number of benzene rings is 1. The van der Waals surface area contributed by atoms with E-state index in [0.29, 0.717) is 5.75 Å². The minimum Gasteiger partial charge on any atom is -0.426 e. The van der Waals surface area contributed by atoms with Gasteiger partial charge in [-0.25, -0.2) is 0 Å². The third kappa shape index (κ3) is 1.76. The first-order valence-electron chi connectivity index (χ1n) is 5.59. The van der Waals surface area contributed by atoms with Gasteiger partial charge in [-0.05, 0) is 43.2 Å². The molecule has 0 bridgehead atoms. The molecule has 0 N–H and O–H groups in total. The van der Waals surface area contributed by atoms with Gasteiger partial charge < -0.3 is 4.74 Å². The lowest BCUT2D eigenvalue weighted by Gasteiger charge is -2.10. The molecular formula is C13H14O2. The normalized spacial score (nSPS) is 32.1. The quantitative estimate of drug-likeness (QED) is 0.544. The molecule has 0 radical (unpaired) electrons. The predicted octanol–water partition coefficient (Wildman–Crippen LogP) is 2.64. The predicted molar refractivity (Wildman–Crippen MR) is 56.4 cm³/mol. The molecule has 2 nitrogen and oxygen atoms in total. The first kappa shape index (κ1) is 8.96. The van der Waals surface area contributed by atoms with Crippen molar-refractivity contribution in [2.75, 3.05) is 0 Å². The molecule has 3 rings (SSSR count). The first-order valence-corrected chi connectivity index (χ1v) is 5.59. The second kappa shape index (κ2) is 3.37. The number of carbonyl (C=O) groups is 1. The average molecular weight is 202 g/mol. The molecule has 2 heteroatoms. The summed E-state index contributed by atoms with van der Waals surface area (Å²) in [5, 5.41) is 0. The molecule has 2 unspecified atom stereocenters. The molecule has 0 aromatic heterocycles. The summed E-state index contributed by atoms with van der Waals surface area (Å²) >= 11 is 0. The zero-order valence-electron chi connectivity index (χ0n) is 8.56. The Morgan fingerprint density at radius 3 is 2.40 bits per heavy atom. The van der Waals surface area contributed by atoms with Crippen LogP contribution in [0, 0.1) is 17.8 Å². The number of para-hydroxylation sites is 1. The van der Waals surface area contributed by atoms with Gasteiger partial charge in [0, 0.05) is 0 Å². The Bertz CT molecular complexity index is 361. The number of hydrogen-bond donors (Lipinski definition) is 0. The lowest BCUT2D eigenvalue weighted by molar-refractivity contribution is -0.139. The molecule has 2 saturated carbocycles. The number of fused-ring (bicyclic) bond motifs is 1. The lowest BCUT2D eigenvalue weighted by atomic mass is 10.0. The Hall–Kier alpha value is -1.31. The van der Waals surface area contributed by atoms with Gasteiger partial charge in [-0.15, -0.1) is 0 Å². The summed E-state index contributed by atoms with van der Waals surface area (Å²) in [4.78, 5) is 11.8. The smallest absolute Gasteiger partial charge is 0.314 e. The molecule has 0 spiro atoms. The molecule has 2 aliphatic rings. The lowest BCUT2D eigenvalue weighted by Crippen LogP contribution is -2.19. The molecule has 1 aromatic rings. The molecule has 0 saturated heterocycles. The number of rotatable bonds is 2. The van der Waals surface area contributed by atoms with Gasteiger partial charge in [0.25, 0.3) is 0 Å². The second-order valence-electron chi connectivity index (χ2n) is 4.66. The highest BCUT2D eigenvalue weighted by atomic mass is 16.5. The first-order chi connectivity index (χ1) is 7.33. The molecule has 78 valence electrons. The monoisotopic (exact) mass is 202 g/mol. The third-order valence-electron chi connectivity index (χ3n) is 3.54. The van der Waals surface area contributed by atoms with Gasteiger partial charge in [0.1, 0.15) is 5.75 Å². The maximum atomic E-state index is 11.8. The van der Waals surface area contributed by atoms with Crippen LogP contribution >= 0.6 is 0 Å². The van der Waals surface area contributed by atoms with E-state index in [0.717, 1.165) is 24.7 Å². The van der Waals surface area contributed by atoms with E-state index in [2.05, 4.69) is 0 Å². The van der Waals surface area contributed by atoms with Gasteiger partial charge in [0.05, 0.1) is 5.92 Å². The van der Waals surface area contributed by atoms with Gasteiger partial charge in [0.2, 0.25) is 0 Å². The van der Waals surface area contributed by atoms with Gasteiger partial charge in [0.15, 0.2) is 0 Å². The van der Waals surface area contributed by atoms with Gasteiger partial charge >= 0.3 is 5.97 Å². The third-order valence-corrected chi connectivity index (χ3v) is 3.54. The van der Waals surface area contributed by atoms with E-state index in [1.165, 1.54) is 6.42 Å². The summed E-state index contributed by atoms with van der Waals surface area (Å²) in [6, 6.07) is 9.34. The van der Waals surface area contributed by atoms with Gasteiger partial charge in [-0.1, -0.05) is 18.2 Å². The van der Waals surface area contributed by atoms with E-state index in [1.54, 1.807) is 0 Å². The van der Waals surface area contributed by atoms with Gasteiger partial charge in [-0.3, -0.25) is 4.79 Å². The van der Waals surface area contributed by atoms with Crippen molar-refractivity contribution in [1.82, 2.24) is 0 Å². The minimum absolute atomic E-state index is 0.0339. The molecule has 0 heterocycles. The molecule has 0 aliphatic heterocycles. The van der Waals surface area contributed by atoms with Crippen LogP contribution < -0.4 is 4.74 Å². The van der Waals surface area contributed by atoms with E-state index in [9.17, 15) is 4.79 Å². The topological polar surface area (TPSA) is 26.3 Å². The summed E-state index contributed by atoms with van der Waals surface area (Å²) in [6.07, 6.45) is 3.45. The summed E-state index contributed by atoms with van der Waals surface area (Å²) < 4.78 is 5.33. The SMILES string of the molecule is O=C(Oc1ccccc1)C1CC2CC2C1. The van der Waals surface area contributed by atoms with Crippen molar-refractivity contribution >= 4 is 5.97 Å². The summed E-state index contributed by atoms with van der Waals surface area (Å²) in [6.45, 7) is 0. The van der Waals surface area contributed by atoms with Crippen LogP contribution in [0.3, 0.4) is 0 Å². The van der Waals surface area contributed by atoms with Crippen LogP contribution in [0.4, 0.5) is 0 Å². The van der Waals surface area contributed by atoms with Crippen molar-refractivity contribution in [3.05, 3.63) is 30.3 Å². The van der Waals surface area contributed by atoms with Crippen LogP contribution in [0.15, 0.2) is 30.3 Å². The zero-order chi connectivity index (χ0) is 10.3. The molecule has 15 heavy (non-hydrogen) atoms. The van der Waals surface area contributed by atoms with E-state index in [1.807, 2.05) is 30.3 Å². The van der Waals surface area contributed by atoms with Crippen molar-refractivity contribution in [1.29, 1.82) is 0 Å². The van der Waals surface area contributed by atoms with Crippen molar-refractivity contribution in [3.8, 4) is 5.75 Å². The highest BCUT2D eigenvalue weighted by Crippen LogP contribution is 2.54. The Morgan fingerprint density at radius 2 is 1.73 bits per heavy atom. The number of carbonyl (C=O) groups excluding carboxylic acids is 1. The Morgan fingerprint density at radius 1 is 1.07 bits per heavy atom. The molecule has 2 aliphatic carbocycles. The summed E-state index contributed by atoms with van der Waals surface area (Å²) in [5.74, 6) is 2.46. The second-order valence-corrected chi connectivity index (χ2v) is 4.66. The summed E-state index contributed by atoms with van der Waals surface area (Å²) in [7, 11) is 0. The largest absolute Gasteiger partial charge is 0.426 e. The highest BCUT2D eigenvalue weighted by Gasteiger charge is 2.48. The Kier molecular flexibility index (Phi) is 2.01. The summed E-state index contributed by atoms with van der Waals surface area (Å²) in [5.41, 5.74) is 0. The Balaban J connectivity index is 1.61. The van der Waals surface area contributed by atoms with Crippen molar-refractivity contribution in [3.63, 3.8) is 0 Å². The average Bonchev–Trinajstić information content (AvgIpc) is 2.87. The number of esters is 1. The van der Waals surface area contributed by atoms with E-state index in [-0.39, 0.29) is 11.9 Å². The fourth-order valence-electron chi connectivity index (χ4n) is 2.60. The van der Waals surface area contributed by atoms with Crippen LogP contribution in [-0.2, 0) is 4.79 Å². The minimum atomic E-state index is -0.0339.